The molecule has 2 rings (SSSR count). The highest BCUT2D eigenvalue weighted by atomic mass is 35.5. The molecule has 0 aromatic heterocycles. The summed E-state index contributed by atoms with van der Waals surface area (Å²) in [5.74, 6) is 0.385. The van der Waals surface area contributed by atoms with Crippen molar-refractivity contribution in [2.45, 2.75) is 31.8 Å². The summed E-state index contributed by atoms with van der Waals surface area (Å²) in [7, 11) is 2.06. The van der Waals surface area contributed by atoms with E-state index in [-0.39, 0.29) is 0 Å². The maximum absolute atomic E-state index is 11.2. The van der Waals surface area contributed by atoms with Gasteiger partial charge >= 0.3 is 0 Å². The first-order valence-electron chi connectivity index (χ1n) is 5.62. The van der Waals surface area contributed by atoms with Gasteiger partial charge in [0, 0.05) is 30.5 Å². The van der Waals surface area contributed by atoms with E-state index in [1.165, 1.54) is 0 Å². The molecule has 1 unspecified atom stereocenters. The quantitative estimate of drug-likeness (QED) is 0.806. The summed E-state index contributed by atoms with van der Waals surface area (Å²) >= 11 is 6.11. The number of halogens is 1. The van der Waals surface area contributed by atoms with Crippen molar-refractivity contribution in [3.8, 4) is 0 Å². The summed E-state index contributed by atoms with van der Waals surface area (Å²) < 4.78 is 0. The van der Waals surface area contributed by atoms with E-state index in [2.05, 4.69) is 11.9 Å². The SMILES string of the molecule is CN(Cc1ccccc1Cl)C1CCC(=O)C1. The molecule has 86 valence electrons. The van der Waals surface area contributed by atoms with Crippen LogP contribution in [0.25, 0.3) is 0 Å². The summed E-state index contributed by atoms with van der Waals surface area (Å²) in [6.07, 6.45) is 2.41. The molecule has 1 atom stereocenters. The van der Waals surface area contributed by atoms with Crippen LogP contribution in [0.1, 0.15) is 24.8 Å². The van der Waals surface area contributed by atoms with Crippen molar-refractivity contribution in [1.82, 2.24) is 4.90 Å². The van der Waals surface area contributed by atoms with Crippen LogP contribution in [-0.4, -0.2) is 23.8 Å². The topological polar surface area (TPSA) is 20.3 Å². The lowest BCUT2D eigenvalue weighted by Crippen LogP contribution is -2.29. The van der Waals surface area contributed by atoms with Crippen molar-refractivity contribution in [2.24, 2.45) is 0 Å². The zero-order valence-corrected chi connectivity index (χ0v) is 10.2. The standard InChI is InChI=1S/C13H16ClNO/c1-15(11-6-7-12(16)8-11)9-10-4-2-3-5-13(10)14/h2-5,11H,6-9H2,1H3. The second-order valence-electron chi connectivity index (χ2n) is 4.44. The second-order valence-corrected chi connectivity index (χ2v) is 4.85. The minimum atomic E-state index is 0.385. The monoisotopic (exact) mass is 237 g/mol. The summed E-state index contributed by atoms with van der Waals surface area (Å²) in [5, 5.41) is 0.804. The van der Waals surface area contributed by atoms with Gasteiger partial charge in [0.05, 0.1) is 0 Å². The van der Waals surface area contributed by atoms with Gasteiger partial charge in [-0.05, 0) is 25.1 Å². The first kappa shape index (κ1) is 11.6. The summed E-state index contributed by atoms with van der Waals surface area (Å²) in [6, 6.07) is 8.27. The van der Waals surface area contributed by atoms with Gasteiger partial charge in [0.2, 0.25) is 0 Å². The molecule has 3 heteroatoms. The van der Waals surface area contributed by atoms with Gasteiger partial charge in [-0.15, -0.1) is 0 Å². The van der Waals surface area contributed by atoms with Crippen LogP contribution in [-0.2, 0) is 11.3 Å². The molecule has 1 aromatic rings. The van der Waals surface area contributed by atoms with Crippen LogP contribution in [0.15, 0.2) is 24.3 Å². The van der Waals surface area contributed by atoms with E-state index in [1.807, 2.05) is 24.3 Å². The van der Waals surface area contributed by atoms with E-state index < -0.39 is 0 Å². The normalized spacial score (nSPS) is 20.7. The molecule has 1 saturated carbocycles. The molecule has 0 bridgehead atoms. The molecule has 1 aromatic carbocycles. The number of carbonyl (C=O) groups excluding carboxylic acids is 1. The Hall–Kier alpha value is -0.860. The van der Waals surface area contributed by atoms with E-state index in [1.54, 1.807) is 0 Å². The van der Waals surface area contributed by atoms with Crippen molar-refractivity contribution in [1.29, 1.82) is 0 Å². The third kappa shape index (κ3) is 2.63. The van der Waals surface area contributed by atoms with Crippen LogP contribution in [0.4, 0.5) is 0 Å². The predicted molar refractivity (Wildman–Crippen MR) is 65.6 cm³/mol. The molecule has 0 aliphatic heterocycles. The zero-order valence-electron chi connectivity index (χ0n) is 9.45. The van der Waals surface area contributed by atoms with Crippen molar-refractivity contribution in [2.75, 3.05) is 7.05 Å². The molecule has 16 heavy (non-hydrogen) atoms. The molecule has 0 saturated heterocycles. The molecule has 2 nitrogen and oxygen atoms in total. The Labute approximate surface area is 101 Å². The van der Waals surface area contributed by atoms with E-state index in [0.717, 1.165) is 30.0 Å². The highest BCUT2D eigenvalue weighted by Gasteiger charge is 2.25. The number of Topliss-reactive ketones (excluding diaryl/α,β-unsaturated/α-hetero) is 1. The number of nitrogens with zero attached hydrogens (tertiary/aromatic N) is 1. The predicted octanol–water partition coefficient (Wildman–Crippen LogP) is 2.89. The van der Waals surface area contributed by atoms with Gasteiger partial charge in [-0.2, -0.15) is 0 Å². The maximum atomic E-state index is 11.2. The van der Waals surface area contributed by atoms with E-state index in [4.69, 9.17) is 11.6 Å². The van der Waals surface area contributed by atoms with Gasteiger partial charge < -0.3 is 0 Å². The first-order valence-corrected chi connectivity index (χ1v) is 6.00. The van der Waals surface area contributed by atoms with E-state index >= 15 is 0 Å². The third-order valence-corrected chi connectivity index (χ3v) is 3.59. The third-order valence-electron chi connectivity index (χ3n) is 3.22. The van der Waals surface area contributed by atoms with E-state index in [0.29, 0.717) is 18.2 Å². The lowest BCUT2D eigenvalue weighted by molar-refractivity contribution is -0.117. The number of carbonyl (C=O) groups is 1. The second kappa shape index (κ2) is 4.98. The number of hydrogen-bond acceptors (Lipinski definition) is 2. The van der Waals surface area contributed by atoms with Crippen molar-refractivity contribution >= 4 is 17.4 Å². The maximum Gasteiger partial charge on any atom is 0.134 e. The van der Waals surface area contributed by atoms with Gasteiger partial charge in [-0.25, -0.2) is 0 Å². The largest absolute Gasteiger partial charge is 0.300 e. The Kier molecular flexibility index (Phi) is 3.62. The van der Waals surface area contributed by atoms with Gasteiger partial charge in [0.25, 0.3) is 0 Å². The number of rotatable bonds is 3. The zero-order chi connectivity index (χ0) is 11.5. The summed E-state index contributed by atoms with van der Waals surface area (Å²) in [6.45, 7) is 0.817. The Balaban J connectivity index is 1.99. The molecule has 1 fully saturated rings. The highest BCUT2D eigenvalue weighted by Crippen LogP contribution is 2.23. The van der Waals surface area contributed by atoms with Crippen LogP contribution in [0.3, 0.4) is 0 Å². The van der Waals surface area contributed by atoms with Crippen LogP contribution < -0.4 is 0 Å². The fourth-order valence-corrected chi connectivity index (χ4v) is 2.39. The summed E-state index contributed by atoms with van der Waals surface area (Å²) in [4.78, 5) is 13.5. The lowest BCUT2D eigenvalue weighted by atomic mass is 10.1. The number of ketones is 1. The van der Waals surface area contributed by atoms with E-state index in [9.17, 15) is 4.79 Å². The average molecular weight is 238 g/mol. The molecular formula is C13H16ClNO. The van der Waals surface area contributed by atoms with Crippen LogP contribution in [0.5, 0.6) is 0 Å². The molecule has 0 spiro atoms. The Morgan fingerprint density at radius 3 is 2.81 bits per heavy atom. The first-order chi connectivity index (χ1) is 7.66. The minimum Gasteiger partial charge on any atom is -0.300 e. The summed E-state index contributed by atoms with van der Waals surface area (Å²) in [5.41, 5.74) is 1.13. The molecule has 1 aliphatic rings. The number of hydrogen-bond donors (Lipinski definition) is 0. The van der Waals surface area contributed by atoms with Crippen LogP contribution in [0, 0.1) is 0 Å². The molecule has 0 heterocycles. The Bertz CT molecular complexity index is 391. The van der Waals surface area contributed by atoms with Crippen molar-refractivity contribution < 1.29 is 4.79 Å². The van der Waals surface area contributed by atoms with Crippen LogP contribution in [0.2, 0.25) is 5.02 Å². The smallest absolute Gasteiger partial charge is 0.134 e. The molecular weight excluding hydrogens is 222 g/mol. The molecule has 0 N–H and O–H groups in total. The van der Waals surface area contributed by atoms with Gasteiger partial charge in [-0.3, -0.25) is 9.69 Å². The fraction of sp³-hybridized carbons (Fsp3) is 0.462. The van der Waals surface area contributed by atoms with Gasteiger partial charge in [-0.1, -0.05) is 29.8 Å². The number of benzene rings is 1. The molecule has 0 radical (unpaired) electrons. The molecule has 0 amide bonds. The van der Waals surface area contributed by atoms with Crippen LogP contribution >= 0.6 is 11.6 Å². The highest BCUT2D eigenvalue weighted by molar-refractivity contribution is 6.31. The average Bonchev–Trinajstić information content (AvgIpc) is 2.68. The van der Waals surface area contributed by atoms with Crippen molar-refractivity contribution in [3.63, 3.8) is 0 Å². The minimum absolute atomic E-state index is 0.385. The lowest BCUT2D eigenvalue weighted by Gasteiger charge is -2.23. The van der Waals surface area contributed by atoms with Gasteiger partial charge in [0.1, 0.15) is 5.78 Å². The molecule has 1 aliphatic carbocycles. The Morgan fingerprint density at radius 2 is 2.19 bits per heavy atom. The van der Waals surface area contributed by atoms with Gasteiger partial charge in [0.15, 0.2) is 0 Å². The van der Waals surface area contributed by atoms with Crippen molar-refractivity contribution in [3.05, 3.63) is 34.9 Å². The fourth-order valence-electron chi connectivity index (χ4n) is 2.20. The Morgan fingerprint density at radius 1 is 1.44 bits per heavy atom.